The maximum absolute atomic E-state index is 12.9. The summed E-state index contributed by atoms with van der Waals surface area (Å²) >= 11 is 0.957. The molecule has 0 bridgehead atoms. The van der Waals surface area contributed by atoms with E-state index in [-0.39, 0.29) is 17.2 Å². The van der Waals surface area contributed by atoms with Gasteiger partial charge in [-0.2, -0.15) is 13.2 Å². The second-order valence-corrected chi connectivity index (χ2v) is 7.86. The van der Waals surface area contributed by atoms with Crippen LogP contribution >= 0.6 is 11.3 Å². The number of hydrogen-bond acceptors (Lipinski definition) is 5. The number of ether oxygens (including phenoxy) is 1. The van der Waals surface area contributed by atoms with Crippen molar-refractivity contribution in [3.05, 3.63) is 70.1 Å². The molecule has 0 amide bonds. The van der Waals surface area contributed by atoms with Crippen molar-refractivity contribution in [2.75, 3.05) is 11.9 Å². The van der Waals surface area contributed by atoms with Crippen molar-refractivity contribution in [1.29, 1.82) is 0 Å². The Morgan fingerprint density at radius 2 is 1.81 bits per heavy atom. The average molecular weight is 465 g/mol. The number of halogens is 3. The molecule has 3 rings (SSSR count). The van der Waals surface area contributed by atoms with Crippen LogP contribution in [0.3, 0.4) is 0 Å². The van der Waals surface area contributed by atoms with Crippen LogP contribution in [-0.4, -0.2) is 28.8 Å². The fourth-order valence-corrected chi connectivity index (χ4v) is 4.14. The van der Waals surface area contributed by atoms with Gasteiger partial charge in [-0.25, -0.2) is 9.59 Å². The van der Waals surface area contributed by atoms with Crippen LogP contribution in [0.1, 0.15) is 26.4 Å². The van der Waals surface area contributed by atoms with E-state index in [4.69, 9.17) is 9.84 Å². The Balaban J connectivity index is 1.84. The lowest BCUT2D eigenvalue weighted by molar-refractivity contribution is -0.139. The van der Waals surface area contributed by atoms with E-state index in [2.05, 4.69) is 5.32 Å². The van der Waals surface area contributed by atoms with Gasteiger partial charge in [0.25, 0.3) is 0 Å². The Bertz CT molecular complexity index is 1160. The van der Waals surface area contributed by atoms with E-state index in [0.717, 1.165) is 23.5 Å². The average Bonchev–Trinajstić information content (AvgIpc) is 3.07. The number of carbonyl (C=O) groups is 2. The minimum atomic E-state index is -4.42. The number of aliphatic carboxylic acids is 1. The summed E-state index contributed by atoms with van der Waals surface area (Å²) in [7, 11) is 0. The highest BCUT2D eigenvalue weighted by atomic mass is 32.1. The van der Waals surface area contributed by atoms with Crippen molar-refractivity contribution in [2.24, 2.45) is 0 Å². The van der Waals surface area contributed by atoms with E-state index in [0.29, 0.717) is 27.3 Å². The highest BCUT2D eigenvalue weighted by Gasteiger charge is 2.30. The molecule has 0 aliphatic carbocycles. The Kier molecular flexibility index (Phi) is 6.73. The van der Waals surface area contributed by atoms with Crippen molar-refractivity contribution in [3.63, 3.8) is 0 Å². The molecule has 0 radical (unpaired) electrons. The standard InChI is InChI=1S/C22H18F3NO5S/c1-12-18(31-11-17(27)28)20(21(29)30)32-19(12)14-5-3-7-16(9-14)26-10-13-4-2-6-15(8-13)22(23,24)25/h2-9,26H,10-11H2,1H3,(H,27,28)(H,29,30). The van der Waals surface area contributed by atoms with E-state index >= 15 is 0 Å². The smallest absolute Gasteiger partial charge is 0.416 e. The lowest BCUT2D eigenvalue weighted by atomic mass is 10.1. The first kappa shape index (κ1) is 23.1. The van der Waals surface area contributed by atoms with Crippen molar-refractivity contribution >= 4 is 29.0 Å². The molecule has 0 atom stereocenters. The molecule has 0 unspecified atom stereocenters. The summed E-state index contributed by atoms with van der Waals surface area (Å²) in [5.74, 6) is -2.46. The molecule has 1 heterocycles. The second-order valence-electron chi connectivity index (χ2n) is 6.83. The summed E-state index contributed by atoms with van der Waals surface area (Å²) < 4.78 is 43.9. The maximum Gasteiger partial charge on any atom is 0.416 e. The van der Waals surface area contributed by atoms with Crippen LogP contribution in [0.4, 0.5) is 18.9 Å². The molecule has 168 valence electrons. The molecule has 32 heavy (non-hydrogen) atoms. The molecule has 3 aromatic rings. The van der Waals surface area contributed by atoms with E-state index in [1.807, 2.05) is 0 Å². The molecule has 0 fully saturated rings. The van der Waals surface area contributed by atoms with Crippen LogP contribution in [0, 0.1) is 6.92 Å². The molecule has 6 nitrogen and oxygen atoms in total. The number of thiophene rings is 1. The van der Waals surface area contributed by atoms with Gasteiger partial charge in [0.1, 0.15) is 5.75 Å². The first-order chi connectivity index (χ1) is 15.1. The van der Waals surface area contributed by atoms with Gasteiger partial charge in [-0.05, 0) is 42.3 Å². The molecule has 2 aromatic carbocycles. The van der Waals surface area contributed by atoms with Gasteiger partial charge in [0.05, 0.1) is 5.56 Å². The first-order valence-electron chi connectivity index (χ1n) is 9.28. The third kappa shape index (κ3) is 5.38. The van der Waals surface area contributed by atoms with Crippen LogP contribution in [0.25, 0.3) is 10.4 Å². The predicted octanol–water partition coefficient (Wildman–Crippen LogP) is 5.52. The summed E-state index contributed by atoms with van der Waals surface area (Å²) in [6, 6.07) is 12.0. The monoisotopic (exact) mass is 465 g/mol. The molecule has 0 aliphatic heterocycles. The molecular formula is C22H18F3NO5S. The number of hydrogen-bond donors (Lipinski definition) is 3. The number of carboxylic acid groups (broad SMARTS) is 2. The fraction of sp³-hybridized carbons (Fsp3) is 0.182. The Hall–Kier alpha value is -3.53. The number of rotatable bonds is 8. The topological polar surface area (TPSA) is 95.9 Å². The number of nitrogens with one attached hydrogen (secondary N) is 1. The van der Waals surface area contributed by atoms with Crippen LogP contribution in [0.2, 0.25) is 0 Å². The largest absolute Gasteiger partial charge is 0.480 e. The summed E-state index contributed by atoms with van der Waals surface area (Å²) in [5, 5.41) is 21.3. The summed E-state index contributed by atoms with van der Waals surface area (Å²) in [6.45, 7) is 1.12. The molecule has 0 saturated carbocycles. The Morgan fingerprint density at radius 3 is 2.47 bits per heavy atom. The van der Waals surface area contributed by atoms with E-state index < -0.39 is 30.3 Å². The Morgan fingerprint density at radius 1 is 1.09 bits per heavy atom. The lowest BCUT2D eigenvalue weighted by Crippen LogP contribution is -2.11. The van der Waals surface area contributed by atoms with Gasteiger partial charge in [-0.1, -0.05) is 24.3 Å². The van der Waals surface area contributed by atoms with Gasteiger partial charge in [-0.3, -0.25) is 0 Å². The minimum absolute atomic E-state index is 0.00206. The normalized spacial score (nSPS) is 11.2. The summed E-state index contributed by atoms with van der Waals surface area (Å²) in [4.78, 5) is 22.9. The third-order valence-corrected chi connectivity index (χ3v) is 5.81. The quantitative estimate of drug-likeness (QED) is 0.406. The predicted molar refractivity (Wildman–Crippen MR) is 113 cm³/mol. The summed E-state index contributed by atoms with van der Waals surface area (Å²) in [5.41, 5.74) is 1.50. The molecular weight excluding hydrogens is 447 g/mol. The number of benzene rings is 2. The van der Waals surface area contributed by atoms with E-state index in [1.54, 1.807) is 37.3 Å². The van der Waals surface area contributed by atoms with Gasteiger partial charge in [0.2, 0.25) is 0 Å². The van der Waals surface area contributed by atoms with E-state index in [9.17, 15) is 27.9 Å². The number of aromatic carboxylic acids is 1. The van der Waals surface area contributed by atoms with Crippen molar-refractivity contribution in [1.82, 2.24) is 0 Å². The molecule has 3 N–H and O–H groups in total. The zero-order valence-corrected chi connectivity index (χ0v) is 17.5. The lowest BCUT2D eigenvalue weighted by Gasteiger charge is -2.11. The van der Waals surface area contributed by atoms with Crippen LogP contribution in [0.15, 0.2) is 48.5 Å². The van der Waals surface area contributed by atoms with Gasteiger partial charge in [0, 0.05) is 22.7 Å². The van der Waals surface area contributed by atoms with Crippen LogP contribution in [-0.2, 0) is 17.5 Å². The third-order valence-electron chi connectivity index (χ3n) is 4.50. The maximum atomic E-state index is 12.9. The summed E-state index contributed by atoms with van der Waals surface area (Å²) in [6.07, 6.45) is -4.42. The van der Waals surface area contributed by atoms with Gasteiger partial charge in [-0.15, -0.1) is 11.3 Å². The van der Waals surface area contributed by atoms with E-state index in [1.165, 1.54) is 6.07 Å². The SMILES string of the molecule is Cc1c(-c2cccc(NCc3cccc(C(F)(F)F)c3)c2)sc(C(=O)O)c1OCC(=O)O. The number of alkyl halides is 3. The van der Waals surface area contributed by atoms with Gasteiger partial charge in [0.15, 0.2) is 11.5 Å². The zero-order chi connectivity index (χ0) is 23.5. The Labute approximate surface area is 184 Å². The molecule has 0 aliphatic rings. The number of carboxylic acids is 2. The first-order valence-corrected chi connectivity index (χ1v) is 10.1. The molecule has 10 heteroatoms. The van der Waals surface area contributed by atoms with Crippen molar-refractivity contribution in [3.8, 4) is 16.2 Å². The van der Waals surface area contributed by atoms with Gasteiger partial charge < -0.3 is 20.3 Å². The highest BCUT2D eigenvalue weighted by Crippen LogP contribution is 2.42. The zero-order valence-electron chi connectivity index (χ0n) is 16.7. The molecule has 0 spiro atoms. The number of anilines is 1. The highest BCUT2D eigenvalue weighted by molar-refractivity contribution is 7.18. The second kappa shape index (κ2) is 9.31. The van der Waals surface area contributed by atoms with Crippen molar-refractivity contribution < 1.29 is 37.7 Å². The van der Waals surface area contributed by atoms with Crippen molar-refractivity contribution in [2.45, 2.75) is 19.6 Å². The fourth-order valence-electron chi connectivity index (χ4n) is 3.05. The minimum Gasteiger partial charge on any atom is -0.480 e. The van der Waals surface area contributed by atoms with Crippen LogP contribution < -0.4 is 10.1 Å². The molecule has 1 aromatic heterocycles. The van der Waals surface area contributed by atoms with Gasteiger partial charge >= 0.3 is 18.1 Å². The van der Waals surface area contributed by atoms with Crippen LogP contribution in [0.5, 0.6) is 5.75 Å². The molecule has 0 saturated heterocycles.